The number of ether oxygens (including phenoxy) is 2. The van der Waals surface area contributed by atoms with Crippen LogP contribution >= 0.6 is 0 Å². The number of hydrogen-bond donors (Lipinski definition) is 3. The van der Waals surface area contributed by atoms with Gasteiger partial charge in [0.15, 0.2) is 11.5 Å². The summed E-state index contributed by atoms with van der Waals surface area (Å²) in [5.74, 6) is 0.469. The average molecular weight is 468 g/mol. The third-order valence-electron chi connectivity index (χ3n) is 4.76. The van der Waals surface area contributed by atoms with Crippen molar-refractivity contribution < 1.29 is 22.7 Å². The summed E-state index contributed by atoms with van der Waals surface area (Å²) in [6, 6.07) is 18.5. The number of amides is 1. The maximum atomic E-state index is 12.6. The summed E-state index contributed by atoms with van der Waals surface area (Å²) >= 11 is 0. The Balaban J connectivity index is 1.59. The normalized spacial score (nSPS) is 11.3. The van der Waals surface area contributed by atoms with E-state index in [4.69, 9.17) is 15.2 Å². The number of para-hydroxylation sites is 2. The predicted molar refractivity (Wildman–Crippen MR) is 129 cm³/mol. The van der Waals surface area contributed by atoms with Gasteiger partial charge in [0.2, 0.25) is 15.9 Å². The zero-order chi connectivity index (χ0) is 23.8. The van der Waals surface area contributed by atoms with Gasteiger partial charge in [0.1, 0.15) is 0 Å². The molecule has 0 atom stereocenters. The Morgan fingerprint density at radius 3 is 2.33 bits per heavy atom. The van der Waals surface area contributed by atoms with Crippen molar-refractivity contribution in [2.45, 2.75) is 11.4 Å². The first kappa shape index (κ1) is 23.8. The maximum absolute atomic E-state index is 12.6. The molecule has 8 nitrogen and oxygen atoms in total. The van der Waals surface area contributed by atoms with Crippen LogP contribution in [0.1, 0.15) is 11.1 Å². The van der Waals surface area contributed by atoms with Crippen LogP contribution in [0.15, 0.2) is 77.7 Å². The van der Waals surface area contributed by atoms with E-state index < -0.39 is 10.0 Å². The summed E-state index contributed by atoms with van der Waals surface area (Å²) in [7, 11) is -0.820. The van der Waals surface area contributed by atoms with Gasteiger partial charge in [-0.15, -0.1) is 0 Å². The fourth-order valence-electron chi connectivity index (χ4n) is 2.95. The van der Waals surface area contributed by atoms with E-state index in [9.17, 15) is 13.2 Å². The number of hydrogen-bond acceptors (Lipinski definition) is 6. The van der Waals surface area contributed by atoms with Crippen LogP contribution < -0.4 is 25.2 Å². The number of sulfonamides is 1. The summed E-state index contributed by atoms with van der Waals surface area (Å²) in [5, 5.41) is 2.72. The minimum Gasteiger partial charge on any atom is -0.493 e. The van der Waals surface area contributed by atoms with Gasteiger partial charge in [-0.1, -0.05) is 36.4 Å². The molecule has 4 N–H and O–H groups in total. The van der Waals surface area contributed by atoms with E-state index >= 15 is 0 Å². The molecule has 9 heteroatoms. The lowest BCUT2D eigenvalue weighted by atomic mass is 10.1. The highest BCUT2D eigenvalue weighted by atomic mass is 32.2. The van der Waals surface area contributed by atoms with Crippen molar-refractivity contribution in [1.29, 1.82) is 0 Å². The molecule has 0 saturated carbocycles. The molecule has 0 radical (unpaired) electrons. The van der Waals surface area contributed by atoms with Crippen LogP contribution in [0.3, 0.4) is 0 Å². The topological polar surface area (TPSA) is 120 Å². The number of rotatable bonds is 9. The number of nitrogens with two attached hydrogens (primary N) is 1. The Labute approximate surface area is 193 Å². The summed E-state index contributed by atoms with van der Waals surface area (Å²) in [4.78, 5) is 12.2. The number of carbonyl (C=O) groups is 1. The molecule has 3 aromatic carbocycles. The van der Waals surface area contributed by atoms with E-state index in [0.29, 0.717) is 22.9 Å². The van der Waals surface area contributed by atoms with Gasteiger partial charge in [-0.2, -0.15) is 0 Å². The van der Waals surface area contributed by atoms with Crippen molar-refractivity contribution in [3.8, 4) is 11.5 Å². The molecule has 0 aliphatic heterocycles. The van der Waals surface area contributed by atoms with Crippen molar-refractivity contribution in [1.82, 2.24) is 4.72 Å². The number of methoxy groups -OCH3 is 2. The SMILES string of the molecule is COc1ccc(S(=O)(=O)NCc2ccc(/C=C/C(=O)Nc3ccccc3N)cc2)cc1OC. The van der Waals surface area contributed by atoms with Crippen LogP contribution in [0.4, 0.5) is 11.4 Å². The molecule has 0 heterocycles. The number of benzene rings is 3. The summed E-state index contributed by atoms with van der Waals surface area (Å²) in [6.45, 7) is 0.106. The van der Waals surface area contributed by atoms with Crippen LogP contribution in [0.5, 0.6) is 11.5 Å². The number of carbonyl (C=O) groups excluding carboxylic acids is 1. The second-order valence-electron chi connectivity index (χ2n) is 6.99. The molecular formula is C24H25N3O5S. The Hall–Kier alpha value is -3.82. The lowest BCUT2D eigenvalue weighted by Crippen LogP contribution is -2.23. The molecule has 33 heavy (non-hydrogen) atoms. The Bertz CT molecular complexity index is 1260. The molecule has 0 spiro atoms. The van der Waals surface area contributed by atoms with Crippen molar-refractivity contribution in [3.63, 3.8) is 0 Å². The zero-order valence-corrected chi connectivity index (χ0v) is 19.1. The predicted octanol–water partition coefficient (Wildman–Crippen LogP) is 3.42. The van der Waals surface area contributed by atoms with E-state index in [1.165, 1.54) is 38.5 Å². The van der Waals surface area contributed by atoms with Gasteiger partial charge in [0.05, 0.1) is 30.5 Å². The average Bonchev–Trinajstić information content (AvgIpc) is 2.83. The largest absolute Gasteiger partial charge is 0.493 e. The third kappa shape index (κ3) is 6.34. The molecule has 0 bridgehead atoms. The second kappa shape index (κ2) is 10.7. The van der Waals surface area contributed by atoms with Gasteiger partial charge >= 0.3 is 0 Å². The van der Waals surface area contributed by atoms with Gasteiger partial charge < -0.3 is 20.5 Å². The summed E-state index contributed by atoms with van der Waals surface area (Å²) in [6.07, 6.45) is 3.06. The maximum Gasteiger partial charge on any atom is 0.248 e. The van der Waals surface area contributed by atoms with Crippen molar-refractivity contribution in [2.75, 3.05) is 25.3 Å². The molecule has 3 aromatic rings. The number of nitrogens with one attached hydrogen (secondary N) is 2. The van der Waals surface area contributed by atoms with E-state index in [2.05, 4.69) is 10.0 Å². The number of nitrogen functional groups attached to an aromatic ring is 1. The van der Waals surface area contributed by atoms with Gasteiger partial charge in [-0.3, -0.25) is 4.79 Å². The summed E-state index contributed by atoms with van der Waals surface area (Å²) in [5.41, 5.74) is 8.40. The molecule has 0 saturated heterocycles. The monoisotopic (exact) mass is 467 g/mol. The number of anilines is 2. The van der Waals surface area contributed by atoms with E-state index in [0.717, 1.165) is 11.1 Å². The molecular weight excluding hydrogens is 442 g/mol. The Kier molecular flexibility index (Phi) is 7.70. The molecule has 172 valence electrons. The lowest BCUT2D eigenvalue weighted by Gasteiger charge is -2.11. The van der Waals surface area contributed by atoms with E-state index in [1.54, 1.807) is 54.6 Å². The minimum atomic E-state index is -3.74. The molecule has 0 fully saturated rings. The summed E-state index contributed by atoms with van der Waals surface area (Å²) < 4.78 is 38.1. The molecule has 0 aliphatic carbocycles. The third-order valence-corrected chi connectivity index (χ3v) is 6.16. The van der Waals surface area contributed by atoms with Gasteiger partial charge in [0, 0.05) is 18.7 Å². The van der Waals surface area contributed by atoms with Gasteiger partial charge in [0.25, 0.3) is 0 Å². The first-order valence-corrected chi connectivity index (χ1v) is 11.4. The smallest absolute Gasteiger partial charge is 0.248 e. The van der Waals surface area contributed by atoms with E-state index in [-0.39, 0.29) is 17.3 Å². The molecule has 0 aliphatic rings. The first-order valence-electron chi connectivity index (χ1n) is 9.96. The highest BCUT2D eigenvalue weighted by molar-refractivity contribution is 7.89. The minimum absolute atomic E-state index is 0.0739. The molecule has 0 unspecified atom stereocenters. The Morgan fingerprint density at radius 2 is 1.67 bits per heavy atom. The lowest BCUT2D eigenvalue weighted by molar-refractivity contribution is -0.111. The van der Waals surface area contributed by atoms with Crippen LogP contribution in [-0.2, 0) is 21.4 Å². The highest BCUT2D eigenvalue weighted by Gasteiger charge is 2.16. The first-order chi connectivity index (χ1) is 15.8. The fraction of sp³-hybridized carbons (Fsp3) is 0.125. The van der Waals surface area contributed by atoms with Crippen LogP contribution in [-0.4, -0.2) is 28.5 Å². The van der Waals surface area contributed by atoms with Gasteiger partial charge in [-0.25, -0.2) is 13.1 Å². The highest BCUT2D eigenvalue weighted by Crippen LogP contribution is 2.29. The Morgan fingerprint density at radius 1 is 0.970 bits per heavy atom. The van der Waals surface area contributed by atoms with E-state index in [1.807, 2.05) is 0 Å². The van der Waals surface area contributed by atoms with Crippen molar-refractivity contribution >= 4 is 33.4 Å². The molecule has 3 rings (SSSR count). The molecule has 1 amide bonds. The van der Waals surface area contributed by atoms with Crippen LogP contribution in [0, 0.1) is 0 Å². The van der Waals surface area contributed by atoms with Gasteiger partial charge in [-0.05, 0) is 41.5 Å². The van der Waals surface area contributed by atoms with Crippen molar-refractivity contribution in [2.24, 2.45) is 0 Å². The van der Waals surface area contributed by atoms with Crippen LogP contribution in [0.2, 0.25) is 0 Å². The van der Waals surface area contributed by atoms with Crippen LogP contribution in [0.25, 0.3) is 6.08 Å². The fourth-order valence-corrected chi connectivity index (χ4v) is 3.98. The zero-order valence-electron chi connectivity index (χ0n) is 18.2. The molecule has 0 aromatic heterocycles. The standard InChI is InChI=1S/C24H25N3O5S/c1-31-22-13-12-19(15-23(22)32-2)33(29,30)26-16-18-9-7-17(8-10-18)11-14-24(28)27-21-6-4-3-5-20(21)25/h3-15,26H,16,25H2,1-2H3,(H,27,28)/b14-11+. The van der Waals surface area contributed by atoms with Crippen molar-refractivity contribution in [3.05, 3.63) is 83.9 Å². The quantitative estimate of drug-likeness (QED) is 0.328. The second-order valence-corrected chi connectivity index (χ2v) is 8.76.